The quantitative estimate of drug-likeness (QED) is 0.788. The van der Waals surface area contributed by atoms with Gasteiger partial charge in [0.1, 0.15) is 0 Å². The first-order valence-corrected chi connectivity index (χ1v) is 9.20. The monoisotopic (exact) mass is 356 g/mol. The maximum Gasteiger partial charge on any atom is 0.256 e. The van der Waals surface area contributed by atoms with E-state index in [1.165, 1.54) is 17.3 Å². The van der Waals surface area contributed by atoms with E-state index in [1.54, 1.807) is 25.1 Å². The number of benzene rings is 2. The lowest BCUT2D eigenvalue weighted by atomic mass is 10.0. The molecule has 25 heavy (non-hydrogen) atoms. The Balaban J connectivity index is 2.09. The van der Waals surface area contributed by atoms with Gasteiger partial charge < -0.3 is 10.2 Å². The highest BCUT2D eigenvalue weighted by atomic mass is 32.2. The van der Waals surface area contributed by atoms with Gasteiger partial charge in [-0.2, -0.15) is 0 Å². The molecule has 5 heteroatoms. The number of nitrogens with one attached hydrogen (secondary N) is 1. The first-order valence-electron chi connectivity index (χ1n) is 8.21. The van der Waals surface area contributed by atoms with Gasteiger partial charge in [0.15, 0.2) is 0 Å². The Morgan fingerprint density at radius 3 is 2.28 bits per heavy atom. The summed E-state index contributed by atoms with van der Waals surface area (Å²) >= 11 is 1.38. The number of nitrogens with zero attached hydrogens (tertiary/aromatic N) is 1. The van der Waals surface area contributed by atoms with E-state index in [0.29, 0.717) is 17.2 Å². The average Bonchev–Trinajstić information content (AvgIpc) is 2.60. The van der Waals surface area contributed by atoms with Gasteiger partial charge in [-0.3, -0.25) is 9.59 Å². The molecule has 2 rings (SSSR count). The Bertz CT molecular complexity index is 740. The number of anilines is 1. The van der Waals surface area contributed by atoms with E-state index in [-0.39, 0.29) is 11.8 Å². The minimum Gasteiger partial charge on any atom is -0.348 e. The number of thioether (sulfide) groups is 1. The second-order valence-electron chi connectivity index (χ2n) is 6.30. The van der Waals surface area contributed by atoms with Gasteiger partial charge in [0.05, 0.1) is 11.3 Å². The summed E-state index contributed by atoms with van der Waals surface area (Å²) in [7, 11) is 3.45. The molecule has 2 amide bonds. The topological polar surface area (TPSA) is 49.4 Å². The van der Waals surface area contributed by atoms with Gasteiger partial charge >= 0.3 is 0 Å². The molecule has 0 aliphatic heterocycles. The minimum atomic E-state index is -0.169. The first-order chi connectivity index (χ1) is 11.9. The SMILES string of the molecule is CC(C)c1ccc(NC(=O)c2ccccc2SCC(=O)N(C)C)cc1. The van der Waals surface area contributed by atoms with Crippen LogP contribution in [0.3, 0.4) is 0 Å². The lowest BCUT2D eigenvalue weighted by Gasteiger charge is -2.12. The fourth-order valence-electron chi connectivity index (χ4n) is 2.20. The van der Waals surface area contributed by atoms with Crippen LogP contribution in [0.1, 0.15) is 35.7 Å². The third-order valence-electron chi connectivity index (χ3n) is 3.82. The van der Waals surface area contributed by atoms with Gasteiger partial charge in [-0.05, 0) is 35.7 Å². The lowest BCUT2D eigenvalue weighted by Crippen LogP contribution is -2.23. The summed E-state index contributed by atoms with van der Waals surface area (Å²) in [6.07, 6.45) is 0. The summed E-state index contributed by atoms with van der Waals surface area (Å²) in [5.41, 5.74) is 2.57. The van der Waals surface area contributed by atoms with Crippen LogP contribution in [0.15, 0.2) is 53.4 Å². The van der Waals surface area contributed by atoms with Crippen molar-refractivity contribution in [2.75, 3.05) is 25.2 Å². The van der Waals surface area contributed by atoms with Gasteiger partial charge in [-0.15, -0.1) is 11.8 Å². The highest BCUT2D eigenvalue weighted by molar-refractivity contribution is 8.00. The molecule has 0 atom stereocenters. The molecule has 0 aliphatic carbocycles. The molecule has 0 saturated carbocycles. The molecule has 4 nitrogen and oxygen atoms in total. The maximum absolute atomic E-state index is 12.6. The highest BCUT2D eigenvalue weighted by Crippen LogP contribution is 2.24. The van der Waals surface area contributed by atoms with Gasteiger partial charge in [0.25, 0.3) is 5.91 Å². The molecule has 0 aromatic heterocycles. The lowest BCUT2D eigenvalue weighted by molar-refractivity contribution is -0.125. The second kappa shape index (κ2) is 8.72. The van der Waals surface area contributed by atoms with Gasteiger partial charge in [0, 0.05) is 24.7 Å². The Hall–Kier alpha value is -2.27. The molecular weight excluding hydrogens is 332 g/mol. The second-order valence-corrected chi connectivity index (χ2v) is 7.32. The summed E-state index contributed by atoms with van der Waals surface area (Å²) in [4.78, 5) is 26.7. The Labute approximate surface area is 153 Å². The molecular formula is C20H24N2O2S. The number of carbonyl (C=O) groups is 2. The molecule has 0 heterocycles. The van der Waals surface area contributed by atoms with Crippen LogP contribution in [0.2, 0.25) is 0 Å². The Morgan fingerprint density at radius 1 is 1.04 bits per heavy atom. The van der Waals surface area contributed by atoms with Crippen LogP contribution in [0.5, 0.6) is 0 Å². The molecule has 0 aliphatic rings. The van der Waals surface area contributed by atoms with Crippen molar-refractivity contribution in [1.82, 2.24) is 4.90 Å². The zero-order valence-corrected chi connectivity index (χ0v) is 15.9. The van der Waals surface area contributed by atoms with Gasteiger partial charge in [-0.25, -0.2) is 0 Å². The smallest absolute Gasteiger partial charge is 0.256 e. The molecule has 0 fully saturated rings. The van der Waals surface area contributed by atoms with Crippen LogP contribution in [-0.4, -0.2) is 36.6 Å². The Kier molecular flexibility index (Phi) is 6.65. The molecule has 1 N–H and O–H groups in total. The summed E-state index contributed by atoms with van der Waals surface area (Å²) in [5, 5.41) is 2.93. The molecule has 0 radical (unpaired) electrons. The van der Waals surface area contributed by atoms with Crippen molar-refractivity contribution in [3.63, 3.8) is 0 Å². The summed E-state index contributed by atoms with van der Waals surface area (Å²) in [5.74, 6) is 0.610. The standard InChI is InChI=1S/C20H24N2O2S/c1-14(2)15-9-11-16(12-10-15)21-20(24)17-7-5-6-8-18(17)25-13-19(23)22(3)4/h5-12,14H,13H2,1-4H3,(H,21,24). The van der Waals surface area contributed by atoms with E-state index in [0.717, 1.165) is 10.6 Å². The summed E-state index contributed by atoms with van der Waals surface area (Å²) in [6, 6.07) is 15.2. The average molecular weight is 356 g/mol. The van der Waals surface area contributed by atoms with Crippen molar-refractivity contribution < 1.29 is 9.59 Å². The first kappa shape index (κ1) is 19.1. The number of rotatable bonds is 6. The van der Waals surface area contributed by atoms with Crippen LogP contribution in [0, 0.1) is 0 Å². The van der Waals surface area contributed by atoms with Crippen LogP contribution >= 0.6 is 11.8 Å². The fraction of sp³-hybridized carbons (Fsp3) is 0.300. The van der Waals surface area contributed by atoms with Crippen LogP contribution in [0.25, 0.3) is 0 Å². The van der Waals surface area contributed by atoms with Crippen LogP contribution < -0.4 is 5.32 Å². The van der Waals surface area contributed by atoms with Crippen molar-refractivity contribution in [3.8, 4) is 0 Å². The zero-order valence-electron chi connectivity index (χ0n) is 15.1. The summed E-state index contributed by atoms with van der Waals surface area (Å²) in [6.45, 7) is 4.27. The van der Waals surface area contributed by atoms with E-state index in [9.17, 15) is 9.59 Å². The molecule has 0 spiro atoms. The number of hydrogen-bond acceptors (Lipinski definition) is 3. The predicted octanol–water partition coefficient (Wildman–Crippen LogP) is 4.24. The van der Waals surface area contributed by atoms with Crippen LogP contribution in [0.4, 0.5) is 5.69 Å². The van der Waals surface area contributed by atoms with Crippen molar-refractivity contribution in [2.45, 2.75) is 24.7 Å². The number of carbonyl (C=O) groups excluding carboxylic acids is 2. The molecule has 2 aromatic rings. The number of hydrogen-bond donors (Lipinski definition) is 1. The normalized spacial score (nSPS) is 10.6. The van der Waals surface area contributed by atoms with E-state index < -0.39 is 0 Å². The largest absolute Gasteiger partial charge is 0.348 e. The van der Waals surface area contributed by atoms with E-state index in [4.69, 9.17) is 0 Å². The highest BCUT2D eigenvalue weighted by Gasteiger charge is 2.13. The maximum atomic E-state index is 12.6. The van der Waals surface area contributed by atoms with Crippen LogP contribution in [-0.2, 0) is 4.79 Å². The van der Waals surface area contributed by atoms with Crippen molar-refractivity contribution in [2.24, 2.45) is 0 Å². The molecule has 0 saturated heterocycles. The van der Waals surface area contributed by atoms with E-state index in [2.05, 4.69) is 19.2 Å². The third-order valence-corrected chi connectivity index (χ3v) is 4.88. The van der Waals surface area contributed by atoms with Gasteiger partial charge in [0.2, 0.25) is 5.91 Å². The van der Waals surface area contributed by atoms with Crippen molar-refractivity contribution in [3.05, 3.63) is 59.7 Å². The van der Waals surface area contributed by atoms with E-state index in [1.807, 2.05) is 42.5 Å². The minimum absolute atomic E-state index is 0.0180. The van der Waals surface area contributed by atoms with Crippen molar-refractivity contribution in [1.29, 1.82) is 0 Å². The van der Waals surface area contributed by atoms with Crippen molar-refractivity contribution >= 4 is 29.3 Å². The molecule has 132 valence electrons. The zero-order chi connectivity index (χ0) is 18.4. The molecule has 2 aromatic carbocycles. The van der Waals surface area contributed by atoms with E-state index >= 15 is 0 Å². The van der Waals surface area contributed by atoms with Gasteiger partial charge in [-0.1, -0.05) is 38.1 Å². The molecule has 0 bridgehead atoms. The number of amides is 2. The Morgan fingerprint density at radius 2 is 1.68 bits per heavy atom. The fourth-order valence-corrected chi connectivity index (χ4v) is 3.23. The third kappa shape index (κ3) is 5.36. The summed E-state index contributed by atoms with van der Waals surface area (Å²) < 4.78 is 0. The molecule has 0 unspecified atom stereocenters. The predicted molar refractivity (Wildman–Crippen MR) is 104 cm³/mol.